The van der Waals surface area contributed by atoms with E-state index in [1.165, 1.54) is 12.8 Å². The maximum absolute atomic E-state index is 2.36. The summed E-state index contributed by atoms with van der Waals surface area (Å²) in [4.78, 5) is 0. The zero-order chi connectivity index (χ0) is 8.43. The Hall–Kier alpha value is 0.350. The predicted molar refractivity (Wildman–Crippen MR) is 54.1 cm³/mol. The molecular formula is C10H20S. The zero-order valence-corrected chi connectivity index (χ0v) is 8.95. The Morgan fingerprint density at radius 3 is 1.91 bits per heavy atom. The summed E-state index contributed by atoms with van der Waals surface area (Å²) < 4.78 is 0. The molecular weight excluding hydrogens is 152 g/mol. The summed E-state index contributed by atoms with van der Waals surface area (Å²) in [7, 11) is 0. The van der Waals surface area contributed by atoms with Crippen LogP contribution in [-0.4, -0.2) is 10.5 Å². The molecule has 0 amide bonds. The van der Waals surface area contributed by atoms with Gasteiger partial charge in [0.2, 0.25) is 0 Å². The maximum atomic E-state index is 2.36. The van der Waals surface area contributed by atoms with E-state index < -0.39 is 0 Å². The van der Waals surface area contributed by atoms with Gasteiger partial charge in [-0.1, -0.05) is 27.7 Å². The van der Waals surface area contributed by atoms with Crippen molar-refractivity contribution in [1.82, 2.24) is 0 Å². The quantitative estimate of drug-likeness (QED) is 0.625. The van der Waals surface area contributed by atoms with Gasteiger partial charge in [-0.2, -0.15) is 11.8 Å². The molecule has 0 nitrogen and oxygen atoms in total. The van der Waals surface area contributed by atoms with Gasteiger partial charge < -0.3 is 0 Å². The van der Waals surface area contributed by atoms with Crippen LogP contribution in [0.15, 0.2) is 0 Å². The largest absolute Gasteiger partial charge is 0.155 e. The van der Waals surface area contributed by atoms with Gasteiger partial charge in [0.25, 0.3) is 0 Å². The molecule has 66 valence electrons. The van der Waals surface area contributed by atoms with E-state index in [9.17, 15) is 0 Å². The van der Waals surface area contributed by atoms with E-state index in [-0.39, 0.29) is 0 Å². The second-order valence-corrected chi connectivity index (χ2v) is 5.99. The molecule has 0 aromatic heterocycles. The lowest BCUT2D eigenvalue weighted by Crippen LogP contribution is -2.16. The van der Waals surface area contributed by atoms with Gasteiger partial charge in [-0.05, 0) is 29.9 Å². The number of hydrogen-bond donors (Lipinski definition) is 0. The van der Waals surface area contributed by atoms with Crippen LogP contribution in [0.1, 0.15) is 40.5 Å². The molecule has 1 saturated carbocycles. The van der Waals surface area contributed by atoms with Gasteiger partial charge in [0, 0.05) is 5.25 Å². The van der Waals surface area contributed by atoms with Crippen molar-refractivity contribution < 1.29 is 0 Å². The number of hydrogen-bond acceptors (Lipinski definition) is 1. The molecule has 0 spiro atoms. The first-order valence-electron chi connectivity index (χ1n) is 4.76. The smallest absolute Gasteiger partial charge is 0.0101 e. The van der Waals surface area contributed by atoms with E-state index in [0.29, 0.717) is 0 Å². The predicted octanol–water partition coefficient (Wildman–Crippen LogP) is 3.56. The third-order valence-corrected chi connectivity index (χ3v) is 3.96. The number of thioether (sulfide) groups is 1. The Bertz CT molecular complexity index is 112. The summed E-state index contributed by atoms with van der Waals surface area (Å²) in [6.45, 7) is 9.33. The molecule has 0 saturated heterocycles. The van der Waals surface area contributed by atoms with E-state index in [2.05, 4.69) is 39.5 Å². The van der Waals surface area contributed by atoms with Crippen LogP contribution in [0.2, 0.25) is 0 Å². The maximum Gasteiger partial charge on any atom is 0.0101 e. The van der Waals surface area contributed by atoms with Gasteiger partial charge in [0.15, 0.2) is 0 Å². The Morgan fingerprint density at radius 1 is 1.09 bits per heavy atom. The molecule has 0 heterocycles. The highest BCUT2D eigenvalue weighted by Crippen LogP contribution is 2.43. The van der Waals surface area contributed by atoms with Crippen molar-refractivity contribution in [3.05, 3.63) is 0 Å². The third-order valence-electron chi connectivity index (χ3n) is 2.17. The lowest BCUT2D eigenvalue weighted by Gasteiger charge is -2.21. The average molecular weight is 172 g/mol. The molecule has 11 heavy (non-hydrogen) atoms. The fourth-order valence-corrected chi connectivity index (χ4v) is 2.99. The van der Waals surface area contributed by atoms with Crippen molar-refractivity contribution in [3.8, 4) is 0 Å². The standard InChI is InChI=1S/C10H20S/c1-7(2)10(9-5-6-9)11-8(3)4/h7-10H,5-6H2,1-4H3/t10-/m0/s1. The van der Waals surface area contributed by atoms with Gasteiger partial charge >= 0.3 is 0 Å². The van der Waals surface area contributed by atoms with E-state index >= 15 is 0 Å². The zero-order valence-electron chi connectivity index (χ0n) is 8.13. The van der Waals surface area contributed by atoms with Crippen LogP contribution in [-0.2, 0) is 0 Å². The molecule has 0 aliphatic heterocycles. The molecule has 0 aromatic carbocycles. The second-order valence-electron chi connectivity index (χ2n) is 4.23. The fourth-order valence-electron chi connectivity index (χ4n) is 1.55. The lowest BCUT2D eigenvalue weighted by molar-refractivity contribution is 0.557. The third kappa shape index (κ3) is 3.06. The van der Waals surface area contributed by atoms with Crippen LogP contribution in [0.4, 0.5) is 0 Å². The van der Waals surface area contributed by atoms with Gasteiger partial charge in [0.1, 0.15) is 0 Å². The van der Waals surface area contributed by atoms with Crippen LogP contribution in [0.25, 0.3) is 0 Å². The van der Waals surface area contributed by atoms with Crippen molar-refractivity contribution in [3.63, 3.8) is 0 Å². The monoisotopic (exact) mass is 172 g/mol. The molecule has 0 unspecified atom stereocenters. The summed E-state index contributed by atoms with van der Waals surface area (Å²) in [5, 5.41) is 1.75. The molecule has 0 radical (unpaired) electrons. The van der Waals surface area contributed by atoms with Crippen molar-refractivity contribution in [2.75, 3.05) is 0 Å². The minimum absolute atomic E-state index is 0.808. The summed E-state index contributed by atoms with van der Waals surface area (Å²) in [6, 6.07) is 0. The van der Waals surface area contributed by atoms with Crippen molar-refractivity contribution in [2.24, 2.45) is 11.8 Å². The number of rotatable bonds is 4. The van der Waals surface area contributed by atoms with E-state index in [1.807, 2.05) is 0 Å². The summed E-state index contributed by atoms with van der Waals surface area (Å²) in [5.74, 6) is 1.93. The van der Waals surface area contributed by atoms with E-state index in [1.54, 1.807) is 0 Å². The van der Waals surface area contributed by atoms with Gasteiger partial charge in [-0.25, -0.2) is 0 Å². The molecule has 1 fully saturated rings. The van der Waals surface area contributed by atoms with E-state index in [0.717, 1.165) is 22.3 Å². The van der Waals surface area contributed by atoms with Crippen LogP contribution < -0.4 is 0 Å². The SMILES string of the molecule is CC(C)S[C@@H](C(C)C)C1CC1. The van der Waals surface area contributed by atoms with Gasteiger partial charge in [0.05, 0.1) is 0 Å². The van der Waals surface area contributed by atoms with E-state index in [4.69, 9.17) is 0 Å². The van der Waals surface area contributed by atoms with Gasteiger partial charge in [-0.3, -0.25) is 0 Å². The normalized spacial score (nSPS) is 21.3. The average Bonchev–Trinajstić information content (AvgIpc) is 2.63. The Morgan fingerprint density at radius 2 is 1.64 bits per heavy atom. The van der Waals surface area contributed by atoms with Crippen LogP contribution in [0, 0.1) is 11.8 Å². The van der Waals surface area contributed by atoms with Crippen LogP contribution in [0.3, 0.4) is 0 Å². The first kappa shape index (κ1) is 9.44. The molecule has 0 bridgehead atoms. The lowest BCUT2D eigenvalue weighted by atomic mass is 10.1. The Kier molecular flexibility index (Phi) is 3.29. The minimum atomic E-state index is 0.808. The first-order valence-corrected chi connectivity index (χ1v) is 5.71. The van der Waals surface area contributed by atoms with Crippen LogP contribution in [0.5, 0.6) is 0 Å². The van der Waals surface area contributed by atoms with Crippen molar-refractivity contribution >= 4 is 11.8 Å². The minimum Gasteiger partial charge on any atom is -0.155 e. The van der Waals surface area contributed by atoms with Gasteiger partial charge in [-0.15, -0.1) is 0 Å². The highest BCUT2D eigenvalue weighted by Gasteiger charge is 2.33. The van der Waals surface area contributed by atoms with Crippen LogP contribution >= 0.6 is 11.8 Å². The molecule has 1 rings (SSSR count). The highest BCUT2D eigenvalue weighted by atomic mass is 32.2. The molecule has 0 aromatic rings. The fraction of sp³-hybridized carbons (Fsp3) is 1.00. The van der Waals surface area contributed by atoms with Crippen molar-refractivity contribution in [2.45, 2.75) is 51.0 Å². The summed E-state index contributed by atoms with van der Waals surface area (Å²) >= 11 is 2.18. The highest BCUT2D eigenvalue weighted by molar-refractivity contribution is 8.00. The Balaban J connectivity index is 2.32. The summed E-state index contributed by atoms with van der Waals surface area (Å²) in [5.41, 5.74) is 0. The molecule has 1 heteroatoms. The first-order chi connectivity index (χ1) is 5.11. The summed E-state index contributed by atoms with van der Waals surface area (Å²) in [6.07, 6.45) is 2.98. The molecule has 1 aliphatic rings. The second kappa shape index (κ2) is 3.84. The molecule has 1 aliphatic carbocycles. The topological polar surface area (TPSA) is 0 Å². The molecule has 1 atom stereocenters. The molecule has 0 N–H and O–H groups in total. The Labute approximate surface area is 75.1 Å². The van der Waals surface area contributed by atoms with Crippen molar-refractivity contribution in [1.29, 1.82) is 0 Å².